The number of anilines is 2. The Morgan fingerprint density at radius 3 is 2.19 bits per heavy atom. The van der Waals surface area contributed by atoms with Crippen LogP contribution in [0.2, 0.25) is 0 Å². The van der Waals surface area contributed by atoms with Gasteiger partial charge in [-0.3, -0.25) is 4.72 Å². The molecule has 1 saturated heterocycles. The van der Waals surface area contributed by atoms with E-state index < -0.39 is 15.7 Å². The second-order valence-electron chi connectivity index (χ2n) is 6.10. The van der Waals surface area contributed by atoms with Crippen molar-refractivity contribution in [1.82, 2.24) is 4.72 Å². The maximum Gasteiger partial charge on any atom is 0.299 e. The molecule has 118 valence electrons. The molecule has 6 nitrogen and oxygen atoms in total. The molecule has 0 aromatic heterocycles. The van der Waals surface area contributed by atoms with Gasteiger partial charge in [-0.15, -0.1) is 0 Å². The van der Waals surface area contributed by atoms with Crippen molar-refractivity contribution in [2.45, 2.75) is 26.3 Å². The van der Waals surface area contributed by atoms with Crippen LogP contribution < -0.4 is 14.3 Å². The molecule has 0 atom stereocenters. The smallest absolute Gasteiger partial charge is 0.299 e. The van der Waals surface area contributed by atoms with Gasteiger partial charge in [-0.1, -0.05) is 0 Å². The van der Waals surface area contributed by atoms with Crippen LogP contribution in [0, 0.1) is 0 Å². The third kappa shape index (κ3) is 5.18. The number of hydrogen-bond acceptors (Lipinski definition) is 4. The molecule has 1 aromatic carbocycles. The minimum Gasteiger partial charge on any atom is -0.378 e. The fourth-order valence-electron chi connectivity index (χ4n) is 2.15. The Hall–Kier alpha value is -1.31. The molecule has 21 heavy (non-hydrogen) atoms. The number of nitrogens with zero attached hydrogens (tertiary/aromatic N) is 1. The van der Waals surface area contributed by atoms with Gasteiger partial charge in [0, 0.05) is 30.0 Å². The van der Waals surface area contributed by atoms with Crippen molar-refractivity contribution in [2.24, 2.45) is 0 Å². The third-order valence-corrected chi connectivity index (χ3v) is 4.32. The lowest BCUT2D eigenvalue weighted by Gasteiger charge is -2.29. The maximum atomic E-state index is 12.0. The predicted molar refractivity (Wildman–Crippen MR) is 84.9 cm³/mol. The molecule has 0 saturated carbocycles. The van der Waals surface area contributed by atoms with E-state index in [2.05, 4.69) is 14.3 Å². The van der Waals surface area contributed by atoms with Gasteiger partial charge in [0.15, 0.2) is 0 Å². The van der Waals surface area contributed by atoms with Gasteiger partial charge in [0.05, 0.1) is 13.2 Å². The number of rotatable bonds is 4. The SMILES string of the molecule is CC(C)(C)NS(=O)(=O)Nc1ccc(N2CCOCC2)cc1. The van der Waals surface area contributed by atoms with E-state index in [0.29, 0.717) is 5.69 Å². The summed E-state index contributed by atoms with van der Waals surface area (Å²) in [5, 5.41) is 0. The van der Waals surface area contributed by atoms with E-state index in [-0.39, 0.29) is 0 Å². The minimum absolute atomic E-state index is 0.514. The van der Waals surface area contributed by atoms with E-state index >= 15 is 0 Å². The summed E-state index contributed by atoms with van der Waals surface area (Å²) in [6, 6.07) is 7.37. The van der Waals surface area contributed by atoms with Crippen LogP contribution in [0.25, 0.3) is 0 Å². The van der Waals surface area contributed by atoms with Crippen LogP contribution in [0.15, 0.2) is 24.3 Å². The average molecular weight is 313 g/mol. The average Bonchev–Trinajstić information content (AvgIpc) is 2.37. The van der Waals surface area contributed by atoms with E-state index in [1.165, 1.54) is 0 Å². The maximum absolute atomic E-state index is 12.0. The normalized spacial score (nSPS) is 16.8. The molecule has 0 aliphatic carbocycles. The molecule has 2 N–H and O–H groups in total. The van der Waals surface area contributed by atoms with Gasteiger partial charge in [0.25, 0.3) is 10.2 Å². The Labute approximate surface area is 126 Å². The molecule has 0 unspecified atom stereocenters. The summed E-state index contributed by atoms with van der Waals surface area (Å²) in [7, 11) is -3.56. The summed E-state index contributed by atoms with van der Waals surface area (Å²) in [5.74, 6) is 0. The quantitative estimate of drug-likeness (QED) is 0.885. The molecule has 0 spiro atoms. The molecule has 1 aliphatic heterocycles. The number of ether oxygens (including phenoxy) is 1. The summed E-state index contributed by atoms with van der Waals surface area (Å²) in [6.45, 7) is 8.57. The van der Waals surface area contributed by atoms with E-state index in [1.54, 1.807) is 32.9 Å². The third-order valence-electron chi connectivity index (χ3n) is 2.94. The predicted octanol–water partition coefficient (Wildman–Crippen LogP) is 1.57. The van der Waals surface area contributed by atoms with Crippen LogP contribution in [-0.2, 0) is 14.9 Å². The van der Waals surface area contributed by atoms with Gasteiger partial charge in [0.1, 0.15) is 0 Å². The van der Waals surface area contributed by atoms with Crippen molar-refractivity contribution in [2.75, 3.05) is 35.9 Å². The second-order valence-corrected chi connectivity index (χ2v) is 7.52. The lowest BCUT2D eigenvalue weighted by molar-refractivity contribution is 0.122. The highest BCUT2D eigenvalue weighted by Crippen LogP contribution is 2.19. The Balaban J connectivity index is 2.02. The summed E-state index contributed by atoms with van der Waals surface area (Å²) in [4.78, 5) is 2.22. The topological polar surface area (TPSA) is 70.7 Å². The lowest BCUT2D eigenvalue weighted by Crippen LogP contribution is -2.43. The molecular weight excluding hydrogens is 290 g/mol. The van der Waals surface area contributed by atoms with Crippen LogP contribution in [0.1, 0.15) is 20.8 Å². The highest BCUT2D eigenvalue weighted by atomic mass is 32.2. The zero-order chi connectivity index (χ0) is 15.5. The summed E-state index contributed by atoms with van der Waals surface area (Å²) >= 11 is 0. The van der Waals surface area contributed by atoms with Gasteiger partial charge < -0.3 is 9.64 Å². The molecule has 0 bridgehead atoms. The molecule has 0 radical (unpaired) electrons. The van der Waals surface area contributed by atoms with E-state index in [0.717, 1.165) is 32.0 Å². The molecule has 1 aliphatic rings. The van der Waals surface area contributed by atoms with Crippen LogP contribution in [-0.4, -0.2) is 40.3 Å². The number of hydrogen-bond donors (Lipinski definition) is 2. The van der Waals surface area contributed by atoms with E-state index in [1.807, 2.05) is 12.1 Å². The molecule has 2 rings (SSSR count). The largest absolute Gasteiger partial charge is 0.378 e. The summed E-state index contributed by atoms with van der Waals surface area (Å²) in [6.07, 6.45) is 0. The van der Waals surface area contributed by atoms with Crippen molar-refractivity contribution < 1.29 is 13.2 Å². The van der Waals surface area contributed by atoms with Gasteiger partial charge >= 0.3 is 0 Å². The number of morpholine rings is 1. The Morgan fingerprint density at radius 2 is 1.67 bits per heavy atom. The molecule has 1 aromatic rings. The Bertz CT molecular complexity index is 558. The zero-order valence-corrected chi connectivity index (χ0v) is 13.5. The van der Waals surface area contributed by atoms with Gasteiger partial charge in [-0.2, -0.15) is 13.1 Å². The van der Waals surface area contributed by atoms with Crippen LogP contribution in [0.3, 0.4) is 0 Å². The van der Waals surface area contributed by atoms with Crippen LogP contribution in [0.4, 0.5) is 11.4 Å². The molecule has 1 fully saturated rings. The van der Waals surface area contributed by atoms with Crippen molar-refractivity contribution in [3.05, 3.63) is 24.3 Å². The fraction of sp³-hybridized carbons (Fsp3) is 0.571. The first-order chi connectivity index (χ1) is 9.75. The highest BCUT2D eigenvalue weighted by molar-refractivity contribution is 7.90. The van der Waals surface area contributed by atoms with Crippen molar-refractivity contribution in [3.63, 3.8) is 0 Å². The molecule has 7 heteroatoms. The van der Waals surface area contributed by atoms with E-state index in [9.17, 15) is 8.42 Å². The first-order valence-corrected chi connectivity index (χ1v) is 8.48. The first-order valence-electron chi connectivity index (χ1n) is 7.00. The van der Waals surface area contributed by atoms with Crippen LogP contribution in [0.5, 0.6) is 0 Å². The Morgan fingerprint density at radius 1 is 1.10 bits per heavy atom. The minimum atomic E-state index is -3.56. The standard InChI is InChI=1S/C14H23N3O3S/c1-14(2,3)16-21(18,19)15-12-4-6-13(7-5-12)17-8-10-20-11-9-17/h4-7,15-16H,8-11H2,1-3H3. The highest BCUT2D eigenvalue weighted by Gasteiger charge is 2.19. The Kier molecular flexibility index (Phi) is 4.75. The van der Waals surface area contributed by atoms with Gasteiger partial charge in [-0.25, -0.2) is 0 Å². The summed E-state index contributed by atoms with van der Waals surface area (Å²) < 4.78 is 34.3. The van der Waals surface area contributed by atoms with E-state index in [4.69, 9.17) is 4.74 Å². The molecule has 0 amide bonds. The summed E-state index contributed by atoms with van der Waals surface area (Å²) in [5.41, 5.74) is 1.10. The van der Waals surface area contributed by atoms with Crippen molar-refractivity contribution >= 4 is 21.6 Å². The molecular formula is C14H23N3O3S. The van der Waals surface area contributed by atoms with Crippen molar-refractivity contribution in [1.29, 1.82) is 0 Å². The number of nitrogens with one attached hydrogen (secondary N) is 2. The van der Waals surface area contributed by atoms with Gasteiger partial charge in [0.2, 0.25) is 0 Å². The monoisotopic (exact) mass is 313 g/mol. The lowest BCUT2D eigenvalue weighted by atomic mass is 10.1. The van der Waals surface area contributed by atoms with Gasteiger partial charge in [-0.05, 0) is 45.0 Å². The second kappa shape index (κ2) is 6.21. The first kappa shape index (κ1) is 16.1. The number of benzene rings is 1. The fourth-order valence-corrected chi connectivity index (χ4v) is 3.45. The molecule has 1 heterocycles. The zero-order valence-electron chi connectivity index (χ0n) is 12.7. The van der Waals surface area contributed by atoms with Crippen molar-refractivity contribution in [3.8, 4) is 0 Å². The van der Waals surface area contributed by atoms with Crippen LogP contribution >= 0.6 is 0 Å².